The third kappa shape index (κ3) is 5.65. The lowest BCUT2D eigenvalue weighted by atomic mass is 10.1. The van der Waals surface area contributed by atoms with E-state index >= 15 is 0 Å². The van der Waals surface area contributed by atoms with Gasteiger partial charge in [0.1, 0.15) is 5.52 Å². The summed E-state index contributed by atoms with van der Waals surface area (Å²) in [6, 6.07) is 16.2. The first-order valence-electron chi connectivity index (χ1n) is 10.3. The Balaban J connectivity index is 1.17. The lowest BCUT2D eigenvalue weighted by Crippen LogP contribution is -2.35. The van der Waals surface area contributed by atoms with E-state index in [1.54, 1.807) is 0 Å². The summed E-state index contributed by atoms with van der Waals surface area (Å²) in [5, 5.41) is 3.00. The predicted octanol–water partition coefficient (Wildman–Crippen LogP) is 3.30. The van der Waals surface area contributed by atoms with Crippen molar-refractivity contribution in [3.63, 3.8) is 0 Å². The van der Waals surface area contributed by atoms with E-state index in [0.717, 1.165) is 55.9 Å². The first-order chi connectivity index (χ1) is 14.3. The summed E-state index contributed by atoms with van der Waals surface area (Å²) in [5.41, 5.74) is 4.07. The van der Waals surface area contributed by atoms with Crippen LogP contribution in [0.2, 0.25) is 0 Å². The molecule has 6 heteroatoms. The zero-order valence-corrected chi connectivity index (χ0v) is 16.6. The van der Waals surface area contributed by atoms with Crippen LogP contribution in [0.1, 0.15) is 29.9 Å². The minimum atomic E-state index is 0.0542. The lowest BCUT2D eigenvalue weighted by molar-refractivity contribution is -0.121. The van der Waals surface area contributed by atoms with Crippen LogP contribution >= 0.6 is 0 Å². The minimum Gasteiger partial charge on any atom is -0.441 e. The van der Waals surface area contributed by atoms with Crippen molar-refractivity contribution in [3.8, 4) is 0 Å². The van der Waals surface area contributed by atoms with Crippen LogP contribution in [-0.4, -0.2) is 42.1 Å². The van der Waals surface area contributed by atoms with Crippen LogP contribution in [0.3, 0.4) is 0 Å². The van der Waals surface area contributed by atoms with Gasteiger partial charge in [-0.1, -0.05) is 36.4 Å². The number of benzene rings is 2. The zero-order chi connectivity index (χ0) is 19.9. The van der Waals surface area contributed by atoms with E-state index in [2.05, 4.69) is 39.5 Å². The Morgan fingerprint density at radius 2 is 1.79 bits per heavy atom. The van der Waals surface area contributed by atoms with E-state index < -0.39 is 0 Å². The summed E-state index contributed by atoms with van der Waals surface area (Å²) in [5.74, 6) is 0.744. The largest absolute Gasteiger partial charge is 0.441 e. The molecule has 1 amide bonds. The summed E-state index contributed by atoms with van der Waals surface area (Å²) in [4.78, 5) is 19.0. The Bertz CT molecular complexity index is 897. The molecule has 0 bridgehead atoms. The van der Waals surface area contributed by atoms with Crippen molar-refractivity contribution in [1.82, 2.24) is 15.2 Å². The van der Waals surface area contributed by atoms with Gasteiger partial charge in [-0.15, -0.1) is 0 Å². The van der Waals surface area contributed by atoms with Crippen molar-refractivity contribution in [2.45, 2.75) is 32.4 Å². The van der Waals surface area contributed by atoms with Crippen molar-refractivity contribution >= 4 is 17.0 Å². The van der Waals surface area contributed by atoms with Gasteiger partial charge in [0.15, 0.2) is 11.5 Å². The SMILES string of the molecule is O=C(CCCc1nc2ccccc2o1)NCc1ccc(CN2CCOCC2)cc1. The van der Waals surface area contributed by atoms with E-state index in [4.69, 9.17) is 9.15 Å². The fourth-order valence-corrected chi connectivity index (χ4v) is 3.50. The predicted molar refractivity (Wildman–Crippen MR) is 111 cm³/mol. The molecule has 0 radical (unpaired) electrons. The molecule has 6 nitrogen and oxygen atoms in total. The molecule has 0 unspecified atom stereocenters. The number of nitrogens with one attached hydrogen (secondary N) is 1. The number of nitrogens with zero attached hydrogens (tertiary/aromatic N) is 2. The van der Waals surface area contributed by atoms with Gasteiger partial charge in [0.25, 0.3) is 0 Å². The number of ether oxygens (including phenoxy) is 1. The summed E-state index contributed by atoms with van der Waals surface area (Å²) in [6.07, 6.45) is 1.85. The van der Waals surface area contributed by atoms with Crippen LogP contribution in [0.25, 0.3) is 11.1 Å². The van der Waals surface area contributed by atoms with Gasteiger partial charge in [-0.3, -0.25) is 9.69 Å². The molecule has 152 valence electrons. The van der Waals surface area contributed by atoms with Crippen LogP contribution in [-0.2, 0) is 29.0 Å². The number of fused-ring (bicyclic) bond motifs is 1. The highest BCUT2D eigenvalue weighted by molar-refractivity contribution is 5.76. The maximum absolute atomic E-state index is 12.1. The number of amides is 1. The monoisotopic (exact) mass is 393 g/mol. The molecule has 2 aromatic carbocycles. The second kappa shape index (κ2) is 9.67. The molecule has 3 aromatic rings. The zero-order valence-electron chi connectivity index (χ0n) is 16.6. The Hall–Kier alpha value is -2.70. The molecule has 1 aromatic heterocycles. The van der Waals surface area contributed by atoms with Crippen molar-refractivity contribution in [2.24, 2.45) is 0 Å². The Kier molecular flexibility index (Phi) is 6.54. The van der Waals surface area contributed by atoms with Crippen molar-refractivity contribution < 1.29 is 13.9 Å². The number of aromatic nitrogens is 1. The smallest absolute Gasteiger partial charge is 0.220 e. The van der Waals surface area contributed by atoms with E-state index in [1.807, 2.05) is 24.3 Å². The average Bonchev–Trinajstić information content (AvgIpc) is 3.17. The van der Waals surface area contributed by atoms with E-state index in [0.29, 0.717) is 25.3 Å². The summed E-state index contributed by atoms with van der Waals surface area (Å²) in [6.45, 7) is 5.11. The fraction of sp³-hybridized carbons (Fsp3) is 0.391. The van der Waals surface area contributed by atoms with Gasteiger partial charge < -0.3 is 14.5 Å². The Morgan fingerprint density at radius 1 is 1.03 bits per heavy atom. The lowest BCUT2D eigenvalue weighted by Gasteiger charge is -2.26. The van der Waals surface area contributed by atoms with Crippen LogP contribution in [0.15, 0.2) is 52.9 Å². The normalized spacial score (nSPS) is 14.9. The van der Waals surface area contributed by atoms with E-state index in [9.17, 15) is 4.79 Å². The second-order valence-electron chi connectivity index (χ2n) is 7.41. The highest BCUT2D eigenvalue weighted by Crippen LogP contribution is 2.16. The summed E-state index contributed by atoms with van der Waals surface area (Å²) in [7, 11) is 0. The molecule has 0 spiro atoms. The molecule has 1 fully saturated rings. The van der Waals surface area contributed by atoms with Gasteiger partial charge in [0, 0.05) is 39.0 Å². The number of carbonyl (C=O) groups excluding carboxylic acids is 1. The summed E-state index contributed by atoms with van der Waals surface area (Å²) < 4.78 is 11.1. The molecule has 0 saturated carbocycles. The highest BCUT2D eigenvalue weighted by atomic mass is 16.5. The molecular formula is C23H27N3O3. The van der Waals surface area contributed by atoms with Gasteiger partial charge in [-0.2, -0.15) is 0 Å². The molecule has 1 saturated heterocycles. The van der Waals surface area contributed by atoms with Gasteiger partial charge in [0.05, 0.1) is 13.2 Å². The molecular weight excluding hydrogens is 366 g/mol. The second-order valence-corrected chi connectivity index (χ2v) is 7.41. The Morgan fingerprint density at radius 3 is 2.59 bits per heavy atom. The quantitative estimate of drug-likeness (QED) is 0.636. The van der Waals surface area contributed by atoms with Crippen molar-refractivity contribution in [3.05, 3.63) is 65.5 Å². The van der Waals surface area contributed by atoms with Crippen LogP contribution < -0.4 is 5.32 Å². The van der Waals surface area contributed by atoms with Crippen LogP contribution in [0, 0.1) is 0 Å². The standard InChI is InChI=1S/C23H27N3O3/c27-22(6-3-7-23-25-20-4-1-2-5-21(20)29-23)24-16-18-8-10-19(11-9-18)17-26-12-14-28-15-13-26/h1-2,4-5,8-11H,3,6-7,12-17H2,(H,24,27). The van der Waals surface area contributed by atoms with Crippen LogP contribution in [0.5, 0.6) is 0 Å². The first-order valence-corrected chi connectivity index (χ1v) is 10.3. The Labute approximate surface area is 170 Å². The number of morpholine rings is 1. The van der Waals surface area contributed by atoms with Crippen molar-refractivity contribution in [1.29, 1.82) is 0 Å². The number of oxazole rings is 1. The molecule has 0 aliphatic carbocycles. The van der Waals surface area contributed by atoms with Gasteiger partial charge in [0.2, 0.25) is 5.91 Å². The van der Waals surface area contributed by atoms with Crippen molar-refractivity contribution in [2.75, 3.05) is 26.3 Å². The first kappa shape index (κ1) is 19.6. The average molecular weight is 393 g/mol. The third-order valence-corrected chi connectivity index (χ3v) is 5.16. The summed E-state index contributed by atoms with van der Waals surface area (Å²) >= 11 is 0. The third-order valence-electron chi connectivity index (χ3n) is 5.16. The number of rotatable bonds is 8. The number of aryl methyl sites for hydroxylation is 1. The molecule has 1 aliphatic rings. The molecule has 1 N–H and O–H groups in total. The number of para-hydroxylation sites is 2. The van der Waals surface area contributed by atoms with Gasteiger partial charge >= 0.3 is 0 Å². The number of hydrogen-bond acceptors (Lipinski definition) is 5. The molecule has 4 rings (SSSR count). The topological polar surface area (TPSA) is 67.6 Å². The molecule has 1 aliphatic heterocycles. The van der Waals surface area contributed by atoms with Gasteiger partial charge in [-0.05, 0) is 29.7 Å². The maximum Gasteiger partial charge on any atom is 0.220 e. The molecule has 0 atom stereocenters. The maximum atomic E-state index is 12.1. The van der Waals surface area contributed by atoms with E-state index in [1.165, 1.54) is 5.56 Å². The van der Waals surface area contributed by atoms with Crippen LogP contribution in [0.4, 0.5) is 0 Å². The van der Waals surface area contributed by atoms with Gasteiger partial charge in [-0.25, -0.2) is 4.98 Å². The van der Waals surface area contributed by atoms with E-state index in [-0.39, 0.29) is 5.91 Å². The number of carbonyl (C=O) groups is 1. The minimum absolute atomic E-state index is 0.0542. The molecule has 29 heavy (non-hydrogen) atoms. The fourth-order valence-electron chi connectivity index (χ4n) is 3.50. The number of hydrogen-bond donors (Lipinski definition) is 1. The molecule has 2 heterocycles. The highest BCUT2D eigenvalue weighted by Gasteiger charge is 2.11.